The number of fused-ring (bicyclic) bond motifs is 1. The van der Waals surface area contributed by atoms with Crippen LogP contribution in [0.25, 0.3) is 0 Å². The summed E-state index contributed by atoms with van der Waals surface area (Å²) in [6, 6.07) is 6.25. The van der Waals surface area contributed by atoms with Crippen LogP contribution in [0, 0.1) is 5.92 Å². The number of carbonyl (C=O) groups excluding carboxylic acids is 2. The van der Waals surface area contributed by atoms with Crippen LogP contribution in [0.1, 0.15) is 72.9 Å². The Morgan fingerprint density at radius 3 is 2.57 bits per heavy atom. The largest absolute Gasteiger partial charge is 0.365 e. The Hall–Kier alpha value is -3.20. The molecule has 2 fully saturated rings. The molecule has 0 radical (unpaired) electrons. The van der Waals surface area contributed by atoms with E-state index < -0.39 is 5.91 Å². The summed E-state index contributed by atoms with van der Waals surface area (Å²) < 4.78 is 0. The summed E-state index contributed by atoms with van der Waals surface area (Å²) in [5, 5.41) is 6.60. The van der Waals surface area contributed by atoms with Crippen LogP contribution < -0.4 is 22.1 Å². The van der Waals surface area contributed by atoms with E-state index in [1.54, 1.807) is 0 Å². The van der Waals surface area contributed by atoms with E-state index in [2.05, 4.69) is 26.7 Å². The highest BCUT2D eigenvalue weighted by Crippen LogP contribution is 2.31. The van der Waals surface area contributed by atoms with Crippen molar-refractivity contribution in [1.29, 1.82) is 0 Å². The number of rotatable bonds is 6. The maximum atomic E-state index is 13.0. The topological polar surface area (TPSA) is 139 Å². The molecule has 0 bridgehead atoms. The van der Waals surface area contributed by atoms with E-state index in [0.29, 0.717) is 18.3 Å². The number of primary amides is 1. The van der Waals surface area contributed by atoms with E-state index in [4.69, 9.17) is 11.5 Å². The SMILES string of the molecule is NC(=O)c1cnc(N[C@@H]2CCCC[C@@H]2N)nc1Nc1ccc2c(c1)CN(C(=O)C1CCCC1)CC2. The van der Waals surface area contributed by atoms with Gasteiger partial charge in [-0.1, -0.05) is 31.7 Å². The van der Waals surface area contributed by atoms with Crippen molar-refractivity contribution >= 4 is 29.3 Å². The van der Waals surface area contributed by atoms with Crippen LogP contribution in [0.5, 0.6) is 0 Å². The first kappa shape index (κ1) is 23.5. The Balaban J connectivity index is 1.34. The van der Waals surface area contributed by atoms with E-state index >= 15 is 0 Å². The lowest BCUT2D eigenvalue weighted by Crippen LogP contribution is -2.43. The van der Waals surface area contributed by atoms with Gasteiger partial charge in [0.05, 0.1) is 0 Å². The van der Waals surface area contributed by atoms with Crippen molar-refractivity contribution in [3.05, 3.63) is 41.1 Å². The second-order valence-electron chi connectivity index (χ2n) is 10.1. The van der Waals surface area contributed by atoms with Crippen molar-refractivity contribution < 1.29 is 9.59 Å². The molecule has 2 saturated carbocycles. The molecule has 1 aromatic heterocycles. The standard InChI is InChI=1S/C26H35N7O2/c27-21-7-3-4-8-22(21)31-26-29-14-20(23(28)34)24(32-26)30-19-10-9-16-11-12-33(15-18(16)13-19)25(35)17-5-1-2-6-17/h9-10,13-14,17,21-22H,1-8,11-12,15,27H2,(H2,28,34)(H2,29,30,31,32)/t21-,22+/m0/s1. The van der Waals surface area contributed by atoms with Crippen LogP contribution >= 0.6 is 0 Å². The molecule has 2 aliphatic carbocycles. The van der Waals surface area contributed by atoms with Crippen LogP contribution in [0.4, 0.5) is 17.5 Å². The summed E-state index contributed by atoms with van der Waals surface area (Å²) in [7, 11) is 0. The minimum absolute atomic E-state index is 0.0510. The van der Waals surface area contributed by atoms with Gasteiger partial charge in [-0.3, -0.25) is 9.59 Å². The number of hydrogen-bond acceptors (Lipinski definition) is 7. The molecule has 1 aliphatic heterocycles. The fourth-order valence-corrected chi connectivity index (χ4v) is 5.62. The smallest absolute Gasteiger partial charge is 0.254 e. The van der Waals surface area contributed by atoms with E-state index in [9.17, 15) is 9.59 Å². The first-order valence-electron chi connectivity index (χ1n) is 12.8. The van der Waals surface area contributed by atoms with E-state index in [-0.39, 0.29) is 29.5 Å². The monoisotopic (exact) mass is 477 g/mol. The van der Waals surface area contributed by atoms with Gasteiger partial charge in [0, 0.05) is 43.0 Å². The Kier molecular flexibility index (Phi) is 6.86. The van der Waals surface area contributed by atoms with Gasteiger partial charge in [0.25, 0.3) is 5.91 Å². The molecule has 35 heavy (non-hydrogen) atoms. The average molecular weight is 478 g/mol. The highest BCUT2D eigenvalue weighted by atomic mass is 16.2. The Morgan fingerprint density at radius 1 is 1.03 bits per heavy atom. The lowest BCUT2D eigenvalue weighted by molar-refractivity contribution is -0.136. The molecule has 9 nitrogen and oxygen atoms in total. The molecule has 9 heteroatoms. The van der Waals surface area contributed by atoms with E-state index in [1.165, 1.54) is 11.8 Å². The Labute approximate surface area is 206 Å². The van der Waals surface area contributed by atoms with E-state index in [0.717, 1.165) is 75.6 Å². The summed E-state index contributed by atoms with van der Waals surface area (Å²) in [5.74, 6) is 0.648. The van der Waals surface area contributed by atoms with Crippen LogP contribution in [-0.4, -0.2) is 45.3 Å². The van der Waals surface area contributed by atoms with Gasteiger partial charge in [-0.2, -0.15) is 4.98 Å². The molecule has 2 heterocycles. The number of anilines is 3. The zero-order chi connectivity index (χ0) is 24.4. The minimum atomic E-state index is -0.597. The number of nitrogens with two attached hydrogens (primary N) is 2. The summed E-state index contributed by atoms with van der Waals surface area (Å²) in [6.45, 7) is 1.38. The molecule has 3 aliphatic rings. The molecule has 0 spiro atoms. The molecular weight excluding hydrogens is 442 g/mol. The zero-order valence-electron chi connectivity index (χ0n) is 20.1. The predicted octanol–water partition coefficient (Wildman–Crippen LogP) is 3.08. The van der Waals surface area contributed by atoms with Gasteiger partial charge >= 0.3 is 0 Å². The molecule has 2 amide bonds. The van der Waals surface area contributed by atoms with Gasteiger partial charge in [-0.25, -0.2) is 4.98 Å². The third-order valence-corrected chi connectivity index (χ3v) is 7.69. The highest BCUT2D eigenvalue weighted by Gasteiger charge is 2.29. The number of hydrogen-bond donors (Lipinski definition) is 4. The first-order valence-corrected chi connectivity index (χ1v) is 12.8. The van der Waals surface area contributed by atoms with Crippen LogP contribution in [0.2, 0.25) is 0 Å². The number of benzene rings is 1. The molecular formula is C26H35N7O2. The fourth-order valence-electron chi connectivity index (χ4n) is 5.62. The first-order chi connectivity index (χ1) is 17.0. The molecule has 1 aromatic carbocycles. The fraction of sp³-hybridized carbons (Fsp3) is 0.538. The number of nitrogens with one attached hydrogen (secondary N) is 2. The van der Waals surface area contributed by atoms with Crippen LogP contribution in [-0.2, 0) is 17.8 Å². The zero-order valence-corrected chi connectivity index (χ0v) is 20.1. The van der Waals surface area contributed by atoms with Crippen molar-refractivity contribution in [3.8, 4) is 0 Å². The van der Waals surface area contributed by atoms with Crippen molar-refractivity contribution in [2.75, 3.05) is 17.2 Å². The second-order valence-corrected chi connectivity index (χ2v) is 10.1. The Morgan fingerprint density at radius 2 is 1.80 bits per heavy atom. The van der Waals surface area contributed by atoms with Crippen molar-refractivity contribution in [2.24, 2.45) is 17.4 Å². The molecule has 0 unspecified atom stereocenters. The lowest BCUT2D eigenvalue weighted by atomic mass is 9.91. The number of nitrogens with zero attached hydrogens (tertiary/aromatic N) is 3. The van der Waals surface area contributed by atoms with Gasteiger partial charge in [0.1, 0.15) is 11.4 Å². The number of aromatic nitrogens is 2. The third-order valence-electron chi connectivity index (χ3n) is 7.69. The average Bonchev–Trinajstić information content (AvgIpc) is 3.40. The summed E-state index contributed by atoms with van der Waals surface area (Å²) in [6.07, 6.45) is 10.8. The maximum Gasteiger partial charge on any atom is 0.254 e. The lowest BCUT2D eigenvalue weighted by Gasteiger charge is -2.31. The minimum Gasteiger partial charge on any atom is -0.365 e. The molecule has 6 N–H and O–H groups in total. The van der Waals surface area contributed by atoms with Gasteiger partial charge in [-0.15, -0.1) is 0 Å². The number of carbonyl (C=O) groups is 2. The third kappa shape index (κ3) is 5.24. The van der Waals surface area contributed by atoms with Crippen molar-refractivity contribution in [2.45, 2.75) is 76.4 Å². The molecule has 2 aromatic rings. The maximum absolute atomic E-state index is 13.0. The Bertz CT molecular complexity index is 1100. The quantitative estimate of drug-likeness (QED) is 0.501. The number of amides is 2. The van der Waals surface area contributed by atoms with Gasteiger partial charge in [-0.05, 0) is 55.4 Å². The van der Waals surface area contributed by atoms with E-state index in [1.807, 2.05) is 17.0 Å². The van der Waals surface area contributed by atoms with Gasteiger partial charge in [0.2, 0.25) is 11.9 Å². The summed E-state index contributed by atoms with van der Waals surface area (Å²) in [4.78, 5) is 35.9. The molecule has 0 saturated heterocycles. The van der Waals surface area contributed by atoms with Crippen molar-refractivity contribution in [1.82, 2.24) is 14.9 Å². The van der Waals surface area contributed by atoms with Gasteiger partial charge in [0.15, 0.2) is 0 Å². The van der Waals surface area contributed by atoms with Crippen LogP contribution in [0.3, 0.4) is 0 Å². The molecule has 186 valence electrons. The predicted molar refractivity (Wildman–Crippen MR) is 135 cm³/mol. The second kappa shape index (κ2) is 10.2. The van der Waals surface area contributed by atoms with Crippen molar-refractivity contribution in [3.63, 3.8) is 0 Å². The molecule has 5 rings (SSSR count). The summed E-state index contributed by atoms with van der Waals surface area (Å²) in [5.41, 5.74) is 15.3. The van der Waals surface area contributed by atoms with Crippen LogP contribution in [0.15, 0.2) is 24.4 Å². The summed E-state index contributed by atoms with van der Waals surface area (Å²) >= 11 is 0. The highest BCUT2D eigenvalue weighted by molar-refractivity contribution is 5.98. The molecule has 2 atom stereocenters. The van der Waals surface area contributed by atoms with Gasteiger partial charge < -0.3 is 27.0 Å². The normalized spacial score (nSPS) is 22.5.